The highest BCUT2D eigenvalue weighted by Gasteiger charge is 2.57. The molecular formula is C27H25N6OP. The fraction of sp³-hybridized carbons (Fsp3) is 0.333. The van der Waals surface area contributed by atoms with Gasteiger partial charge in [0.05, 0.1) is 45.4 Å². The summed E-state index contributed by atoms with van der Waals surface area (Å²) in [7, 11) is -0.739. The maximum atomic E-state index is 6.60. The molecule has 7 nitrogen and oxygen atoms in total. The summed E-state index contributed by atoms with van der Waals surface area (Å²) >= 11 is 0. The number of benzene rings is 3. The standard InChI is InChI=1S/C27H25N6OP/c1-16-32-20-11-5-4-10-19(20)30-17-8-2-3-9-18(17)31-21-12-6-14-23-25(21)35(27(30)31)26-22(33(16)29-28-32)13-7-15-24(26)34-23/h2-3,6-9,12-16,19-20,27H,4-5,10-11H2,1H3/t16-,19?,20?,27?,35?/m1/s1. The van der Waals surface area contributed by atoms with Gasteiger partial charge in [-0.05, 0) is 61.4 Å². The molecule has 4 unspecified atom stereocenters. The third-order valence-electron chi connectivity index (χ3n) is 8.66. The van der Waals surface area contributed by atoms with Crippen LogP contribution in [0.2, 0.25) is 0 Å². The van der Waals surface area contributed by atoms with Crippen molar-refractivity contribution in [2.45, 2.75) is 56.8 Å². The Morgan fingerprint density at radius 2 is 1.46 bits per heavy atom. The van der Waals surface area contributed by atoms with Crippen LogP contribution in [-0.2, 0) is 0 Å². The second kappa shape index (κ2) is 6.46. The largest absolute Gasteiger partial charge is 0.456 e. The Hall–Kier alpha value is -3.31. The second-order valence-electron chi connectivity index (χ2n) is 10.3. The van der Waals surface area contributed by atoms with Gasteiger partial charge in [-0.1, -0.05) is 42.3 Å². The van der Waals surface area contributed by atoms with E-state index < -0.39 is 7.92 Å². The highest BCUT2D eigenvalue weighted by atomic mass is 31.1. The number of para-hydroxylation sites is 2. The first-order valence-electron chi connectivity index (χ1n) is 12.7. The summed E-state index contributed by atoms with van der Waals surface area (Å²) < 4.78 is 6.60. The Bertz CT molecular complexity index is 1440. The van der Waals surface area contributed by atoms with Crippen molar-refractivity contribution in [1.82, 2.24) is 5.01 Å². The first-order valence-corrected chi connectivity index (χ1v) is 14.1. The average molecular weight is 481 g/mol. The van der Waals surface area contributed by atoms with E-state index in [0.29, 0.717) is 12.1 Å². The first-order chi connectivity index (χ1) is 17.3. The zero-order valence-corrected chi connectivity index (χ0v) is 20.3. The lowest BCUT2D eigenvalue weighted by Gasteiger charge is -2.48. The van der Waals surface area contributed by atoms with Gasteiger partial charge in [0.1, 0.15) is 23.6 Å². The molecule has 8 heteroatoms. The summed E-state index contributed by atoms with van der Waals surface area (Å²) in [6, 6.07) is 22.8. The molecule has 1 aliphatic carbocycles. The minimum atomic E-state index is -0.739. The molecular weight excluding hydrogens is 455 g/mol. The predicted octanol–water partition coefficient (Wildman–Crippen LogP) is 5.56. The van der Waals surface area contributed by atoms with Gasteiger partial charge in [-0.25, -0.2) is 10.0 Å². The van der Waals surface area contributed by atoms with Gasteiger partial charge >= 0.3 is 0 Å². The summed E-state index contributed by atoms with van der Waals surface area (Å²) in [6.07, 6.45) is 4.92. The molecule has 3 aromatic carbocycles. The molecule has 5 heterocycles. The molecule has 1 fully saturated rings. The monoisotopic (exact) mass is 480 g/mol. The topological polar surface area (TPSA) is 46.9 Å². The number of rotatable bonds is 0. The molecule has 9 rings (SSSR count). The van der Waals surface area contributed by atoms with E-state index in [9.17, 15) is 0 Å². The molecule has 5 atom stereocenters. The van der Waals surface area contributed by atoms with E-state index in [0.717, 1.165) is 23.6 Å². The highest BCUT2D eigenvalue weighted by molar-refractivity contribution is 7.75. The van der Waals surface area contributed by atoms with Crippen LogP contribution in [-0.4, -0.2) is 29.2 Å². The number of hydrogen-bond donors (Lipinski definition) is 0. The second-order valence-corrected chi connectivity index (χ2v) is 12.4. The van der Waals surface area contributed by atoms with Gasteiger partial charge < -0.3 is 14.5 Å². The molecule has 6 aliphatic rings. The molecule has 0 amide bonds. The van der Waals surface area contributed by atoms with Crippen molar-refractivity contribution in [2.75, 3.05) is 14.8 Å². The molecule has 0 radical (unpaired) electrons. The van der Waals surface area contributed by atoms with Gasteiger partial charge in [-0.15, -0.1) is 0 Å². The van der Waals surface area contributed by atoms with Crippen LogP contribution in [0.4, 0.5) is 22.7 Å². The lowest BCUT2D eigenvalue weighted by molar-refractivity contribution is 0.113. The van der Waals surface area contributed by atoms with Crippen molar-refractivity contribution in [2.24, 2.45) is 10.4 Å². The highest BCUT2D eigenvalue weighted by Crippen LogP contribution is 2.66. The van der Waals surface area contributed by atoms with Crippen LogP contribution in [0.15, 0.2) is 71.1 Å². The zero-order chi connectivity index (χ0) is 22.8. The molecule has 35 heavy (non-hydrogen) atoms. The summed E-state index contributed by atoms with van der Waals surface area (Å²) in [5.74, 6) is 2.22. The normalized spacial score (nSPS) is 30.1. The summed E-state index contributed by atoms with van der Waals surface area (Å²) in [6.45, 7) is 2.25. The third kappa shape index (κ3) is 2.18. The molecule has 3 aromatic rings. The van der Waals surface area contributed by atoms with Crippen molar-refractivity contribution in [3.05, 3.63) is 60.7 Å². The van der Waals surface area contributed by atoms with E-state index >= 15 is 0 Å². The molecule has 0 spiro atoms. The number of nitrogens with zero attached hydrogens (tertiary/aromatic N) is 6. The van der Waals surface area contributed by atoms with Gasteiger partial charge in [0.2, 0.25) is 0 Å². The number of ether oxygens (including phenoxy) is 1. The number of fused-ring (bicyclic) bond motifs is 10. The fourth-order valence-corrected chi connectivity index (χ4v) is 10.6. The average Bonchev–Trinajstić information content (AvgIpc) is 3.54. The van der Waals surface area contributed by atoms with Crippen LogP contribution < -0.4 is 30.2 Å². The van der Waals surface area contributed by atoms with Gasteiger partial charge in [-0.3, -0.25) is 0 Å². The van der Waals surface area contributed by atoms with E-state index in [4.69, 9.17) is 15.2 Å². The van der Waals surface area contributed by atoms with Crippen LogP contribution in [0, 0.1) is 0 Å². The van der Waals surface area contributed by atoms with E-state index in [2.05, 4.69) is 87.4 Å². The Morgan fingerprint density at radius 1 is 0.771 bits per heavy atom. The summed E-state index contributed by atoms with van der Waals surface area (Å²) in [5, 5.41) is 16.7. The Morgan fingerprint density at radius 3 is 2.29 bits per heavy atom. The molecule has 1 saturated carbocycles. The number of hydrogen-bond acceptors (Lipinski definition) is 7. The van der Waals surface area contributed by atoms with E-state index in [1.165, 1.54) is 46.9 Å². The van der Waals surface area contributed by atoms with Crippen LogP contribution >= 0.6 is 7.92 Å². The molecule has 174 valence electrons. The van der Waals surface area contributed by atoms with Crippen LogP contribution in [0.25, 0.3) is 0 Å². The Kier molecular flexibility index (Phi) is 3.50. The van der Waals surface area contributed by atoms with E-state index in [1.54, 1.807) is 0 Å². The van der Waals surface area contributed by atoms with Crippen LogP contribution in [0.3, 0.4) is 0 Å². The van der Waals surface area contributed by atoms with Gasteiger partial charge in [-0.2, -0.15) is 0 Å². The molecule has 2 bridgehead atoms. The van der Waals surface area contributed by atoms with Crippen LogP contribution in [0.5, 0.6) is 11.5 Å². The van der Waals surface area contributed by atoms with Gasteiger partial charge in [0.15, 0.2) is 0 Å². The Balaban J connectivity index is 1.40. The minimum Gasteiger partial charge on any atom is -0.456 e. The van der Waals surface area contributed by atoms with Crippen molar-refractivity contribution in [3.63, 3.8) is 0 Å². The fourth-order valence-electron chi connectivity index (χ4n) is 7.28. The van der Waals surface area contributed by atoms with Crippen molar-refractivity contribution in [3.8, 4) is 11.5 Å². The van der Waals surface area contributed by atoms with Crippen molar-refractivity contribution in [1.29, 1.82) is 0 Å². The lowest BCUT2D eigenvalue weighted by atomic mass is 9.88. The minimum absolute atomic E-state index is 0.0758. The molecule has 0 N–H and O–H groups in total. The zero-order valence-electron chi connectivity index (χ0n) is 19.5. The molecule has 0 aromatic heterocycles. The maximum absolute atomic E-state index is 6.60. The lowest BCUT2D eigenvalue weighted by Crippen LogP contribution is -2.58. The van der Waals surface area contributed by atoms with E-state index in [-0.39, 0.29) is 12.1 Å². The van der Waals surface area contributed by atoms with Crippen molar-refractivity contribution < 1.29 is 4.74 Å². The maximum Gasteiger partial charge on any atom is 0.140 e. The predicted molar refractivity (Wildman–Crippen MR) is 139 cm³/mol. The van der Waals surface area contributed by atoms with Crippen LogP contribution in [0.1, 0.15) is 32.6 Å². The quantitative estimate of drug-likeness (QED) is 0.395. The first kappa shape index (κ1) is 18.9. The number of anilines is 4. The van der Waals surface area contributed by atoms with Crippen molar-refractivity contribution >= 4 is 41.3 Å². The van der Waals surface area contributed by atoms with E-state index in [1.807, 2.05) is 0 Å². The Labute approximate surface area is 205 Å². The van der Waals surface area contributed by atoms with Gasteiger partial charge in [0, 0.05) is 7.92 Å². The molecule has 0 saturated heterocycles. The third-order valence-corrected chi connectivity index (χ3v) is 11.5. The summed E-state index contributed by atoms with van der Waals surface area (Å²) in [5.41, 5.74) is 5.12. The summed E-state index contributed by atoms with van der Waals surface area (Å²) in [4.78, 5) is 5.41. The SMILES string of the molecule is C[C@H]1N2N=NN1C1CCCCC1N1c3ccccc3N3c4cccc5c4P(c4c(cccc42)O5)C31. The van der Waals surface area contributed by atoms with Gasteiger partial charge in [0.25, 0.3) is 0 Å². The smallest absolute Gasteiger partial charge is 0.140 e. The molecule has 5 aliphatic heterocycles.